The van der Waals surface area contributed by atoms with Gasteiger partial charge >= 0.3 is 0 Å². The fourth-order valence-corrected chi connectivity index (χ4v) is 4.97. The molecule has 0 spiro atoms. The maximum Gasteiger partial charge on any atom is 0.175 e. The van der Waals surface area contributed by atoms with Crippen LogP contribution in [0.15, 0.2) is 38.2 Å². The van der Waals surface area contributed by atoms with Gasteiger partial charge in [-0.25, -0.2) is 0 Å². The molecule has 0 N–H and O–H groups in total. The molecule has 32 heavy (non-hydrogen) atoms. The Morgan fingerprint density at radius 2 is 1.28 bits per heavy atom. The van der Waals surface area contributed by atoms with Gasteiger partial charge in [0.25, 0.3) is 0 Å². The first kappa shape index (κ1) is 23.1. The van der Waals surface area contributed by atoms with Gasteiger partial charge in [0.15, 0.2) is 23.0 Å². The Bertz CT molecular complexity index is 989. The lowest BCUT2D eigenvalue weighted by Gasteiger charge is -2.20. The topological polar surface area (TPSA) is 66.4 Å². The Morgan fingerprint density at radius 3 is 1.88 bits per heavy atom. The van der Waals surface area contributed by atoms with Gasteiger partial charge < -0.3 is 18.9 Å². The van der Waals surface area contributed by atoms with Crippen molar-refractivity contribution in [1.29, 1.82) is 0 Å². The van der Waals surface area contributed by atoms with Crippen molar-refractivity contribution in [2.75, 3.05) is 26.4 Å². The highest BCUT2D eigenvalue weighted by Gasteiger charge is 2.17. The third kappa shape index (κ3) is 5.84. The van der Waals surface area contributed by atoms with Crippen LogP contribution in [0.5, 0.6) is 23.0 Å². The van der Waals surface area contributed by atoms with Crippen LogP contribution in [-0.4, -0.2) is 45.0 Å². The van der Waals surface area contributed by atoms with E-state index in [9.17, 15) is 4.79 Å². The molecule has 6 nitrogen and oxygen atoms in total. The number of nitrogens with zero attached hydrogens (tertiary/aromatic N) is 1. The van der Waals surface area contributed by atoms with E-state index in [-0.39, 0.29) is 0 Å². The zero-order chi connectivity index (χ0) is 22.3. The summed E-state index contributed by atoms with van der Waals surface area (Å²) in [6.07, 6.45) is 9.19. The normalized spacial score (nSPS) is 17.4. The van der Waals surface area contributed by atoms with E-state index >= 15 is 0 Å². The van der Waals surface area contributed by atoms with Crippen molar-refractivity contribution in [3.63, 3.8) is 0 Å². The average molecular weight is 567 g/mol. The first-order valence-corrected chi connectivity index (χ1v) is 12.4. The second-order valence-corrected chi connectivity index (χ2v) is 9.45. The van der Waals surface area contributed by atoms with Crippen LogP contribution in [0.3, 0.4) is 0 Å². The molecule has 3 aliphatic rings. The van der Waals surface area contributed by atoms with Gasteiger partial charge in [-0.2, -0.15) is 0 Å². The van der Waals surface area contributed by atoms with Crippen LogP contribution in [0.4, 0.5) is 0 Å². The van der Waals surface area contributed by atoms with Gasteiger partial charge in [0.1, 0.15) is 32.7 Å². The molecule has 2 aliphatic heterocycles. The first-order valence-electron chi connectivity index (χ1n) is 10.8. The van der Waals surface area contributed by atoms with Gasteiger partial charge in [0.2, 0.25) is 0 Å². The van der Waals surface area contributed by atoms with Crippen LogP contribution in [0.1, 0.15) is 48.0 Å². The number of fused-ring (bicyclic) bond motifs is 2. The number of hydrogen-bond acceptors (Lipinski definition) is 6. The Morgan fingerprint density at radius 1 is 0.750 bits per heavy atom. The minimum atomic E-state index is 0.501. The van der Waals surface area contributed by atoms with Gasteiger partial charge in [0.05, 0.1) is 8.95 Å². The van der Waals surface area contributed by atoms with Crippen molar-refractivity contribution >= 4 is 44.4 Å². The summed E-state index contributed by atoms with van der Waals surface area (Å²) >= 11 is 6.84. The van der Waals surface area contributed by atoms with Crippen LogP contribution in [0.2, 0.25) is 0 Å². The van der Waals surface area contributed by atoms with Crippen molar-refractivity contribution in [1.82, 2.24) is 0 Å². The van der Waals surface area contributed by atoms with Crippen molar-refractivity contribution in [3.05, 3.63) is 44.3 Å². The molecule has 1 saturated carbocycles. The van der Waals surface area contributed by atoms with Crippen molar-refractivity contribution in [2.45, 2.75) is 38.1 Å². The summed E-state index contributed by atoms with van der Waals surface area (Å²) in [5.41, 5.74) is 1.65. The van der Waals surface area contributed by atoms with E-state index in [1.54, 1.807) is 12.1 Å². The molecule has 2 aromatic carbocycles. The maximum absolute atomic E-state index is 10.5. The summed E-state index contributed by atoms with van der Waals surface area (Å²) in [6, 6.07) is 7.93. The molecule has 2 aromatic rings. The van der Waals surface area contributed by atoms with E-state index in [0.717, 1.165) is 32.3 Å². The highest BCUT2D eigenvalue weighted by Crippen LogP contribution is 2.39. The molecule has 170 valence electrons. The fraction of sp³-hybridized carbons (Fsp3) is 0.417. The smallest absolute Gasteiger partial charge is 0.175 e. The summed E-state index contributed by atoms with van der Waals surface area (Å²) in [7, 11) is 0. The molecule has 5 rings (SSSR count). The lowest BCUT2D eigenvalue weighted by molar-refractivity contribution is 0.112. The summed E-state index contributed by atoms with van der Waals surface area (Å²) in [5, 5.41) is 0. The van der Waals surface area contributed by atoms with Gasteiger partial charge in [0, 0.05) is 17.8 Å². The number of hydrogen-bond donors (Lipinski definition) is 0. The third-order valence-corrected chi connectivity index (χ3v) is 6.56. The molecule has 8 heteroatoms. The van der Waals surface area contributed by atoms with E-state index in [0.29, 0.717) is 49.5 Å². The molecular weight excluding hydrogens is 542 g/mol. The van der Waals surface area contributed by atoms with Crippen molar-refractivity contribution in [3.8, 4) is 23.0 Å². The van der Waals surface area contributed by atoms with E-state index in [1.807, 2.05) is 18.3 Å². The molecule has 1 aliphatic carbocycles. The third-order valence-electron chi connectivity index (χ3n) is 5.38. The zero-order valence-electron chi connectivity index (χ0n) is 17.6. The summed E-state index contributed by atoms with van der Waals surface area (Å²) < 4.78 is 23.6. The van der Waals surface area contributed by atoms with E-state index < -0.39 is 0 Å². The standard InChI is InChI=1S/C15H18BrNO2.C9H7BrO3/c16-13-8-11(9-14-15(13)19-7-6-18-14)10-17-12-4-2-1-3-5-12;10-7-3-6(5-11)4-8-9(7)13-2-1-12-8/h8-10,12H,1-7H2;3-5H,1-2H2. The Balaban J connectivity index is 0.000000165. The number of benzene rings is 2. The van der Waals surface area contributed by atoms with E-state index in [2.05, 4.69) is 31.9 Å². The van der Waals surface area contributed by atoms with Gasteiger partial charge in [-0.05, 0) is 74.5 Å². The number of aldehydes is 1. The average Bonchev–Trinajstić information content (AvgIpc) is 2.84. The van der Waals surface area contributed by atoms with Gasteiger partial charge in [-0.15, -0.1) is 0 Å². The molecular formula is C24H25Br2NO5. The SMILES string of the molecule is Brc1cc(C=NC2CCCCC2)cc2c1OCCO2.O=Cc1cc(Br)c2c(c1)OCCO2. The fourth-order valence-electron chi connectivity index (χ4n) is 3.83. The Hall–Kier alpha value is -2.06. The van der Waals surface area contributed by atoms with E-state index in [4.69, 9.17) is 23.9 Å². The molecule has 1 fully saturated rings. The number of halogens is 2. The van der Waals surface area contributed by atoms with Crippen molar-refractivity contribution < 1.29 is 23.7 Å². The van der Waals surface area contributed by atoms with Gasteiger partial charge in [-0.3, -0.25) is 9.79 Å². The minimum Gasteiger partial charge on any atom is -0.486 e. The molecule has 0 aromatic heterocycles. The van der Waals surface area contributed by atoms with Gasteiger partial charge in [-0.1, -0.05) is 19.3 Å². The first-order chi connectivity index (χ1) is 15.6. The highest BCUT2D eigenvalue weighted by molar-refractivity contribution is 9.11. The summed E-state index contributed by atoms with van der Waals surface area (Å²) in [6.45, 7) is 2.30. The van der Waals surface area contributed by atoms with Crippen LogP contribution < -0.4 is 18.9 Å². The van der Waals surface area contributed by atoms with Crippen LogP contribution >= 0.6 is 31.9 Å². The molecule has 0 radical (unpaired) electrons. The van der Waals surface area contributed by atoms with Crippen molar-refractivity contribution in [2.24, 2.45) is 4.99 Å². The number of rotatable bonds is 3. The van der Waals surface area contributed by atoms with Crippen LogP contribution in [0, 0.1) is 0 Å². The van der Waals surface area contributed by atoms with E-state index in [1.165, 1.54) is 32.1 Å². The second-order valence-electron chi connectivity index (χ2n) is 7.74. The second kappa shape index (κ2) is 11.2. The molecule has 0 bridgehead atoms. The molecule has 0 amide bonds. The lowest BCUT2D eigenvalue weighted by Crippen LogP contribution is -2.16. The molecule has 0 unspecified atom stereocenters. The molecule has 2 heterocycles. The number of aliphatic imine (C=N–C) groups is 1. The highest BCUT2D eigenvalue weighted by atomic mass is 79.9. The number of ether oxygens (including phenoxy) is 4. The summed E-state index contributed by atoms with van der Waals surface area (Å²) in [4.78, 5) is 15.2. The minimum absolute atomic E-state index is 0.501. The quantitative estimate of drug-likeness (QED) is 0.336. The zero-order valence-corrected chi connectivity index (χ0v) is 20.8. The predicted octanol–water partition coefficient (Wildman–Crippen LogP) is 6.00. The molecule has 0 saturated heterocycles. The number of carbonyl (C=O) groups is 1. The predicted molar refractivity (Wildman–Crippen MR) is 130 cm³/mol. The maximum atomic E-state index is 10.5. The Kier molecular flexibility index (Phi) is 8.08. The monoisotopic (exact) mass is 565 g/mol. The largest absolute Gasteiger partial charge is 0.486 e. The Labute approximate surface area is 204 Å². The summed E-state index contributed by atoms with van der Waals surface area (Å²) in [5.74, 6) is 2.92. The number of carbonyl (C=O) groups excluding carboxylic acids is 1. The van der Waals surface area contributed by atoms with Crippen LogP contribution in [0.25, 0.3) is 0 Å². The molecule has 0 atom stereocenters. The van der Waals surface area contributed by atoms with Crippen LogP contribution in [-0.2, 0) is 0 Å². The lowest BCUT2D eigenvalue weighted by atomic mass is 9.96.